The summed E-state index contributed by atoms with van der Waals surface area (Å²) in [6, 6.07) is 3.66. The molecule has 1 N–H and O–H groups in total. The molecule has 0 radical (unpaired) electrons. The van der Waals surface area contributed by atoms with Gasteiger partial charge in [0.1, 0.15) is 0 Å². The molecule has 4 nitrogen and oxygen atoms in total. The second kappa shape index (κ2) is 5.75. The quantitative estimate of drug-likeness (QED) is 0.901. The van der Waals surface area contributed by atoms with E-state index in [1.54, 1.807) is 0 Å². The summed E-state index contributed by atoms with van der Waals surface area (Å²) >= 11 is 7.14. The third-order valence-electron chi connectivity index (χ3n) is 2.09. The molecule has 94 valence electrons. The van der Waals surface area contributed by atoms with Crippen molar-refractivity contribution in [1.29, 1.82) is 0 Å². The van der Waals surface area contributed by atoms with Crippen LogP contribution in [0.15, 0.2) is 23.1 Å². The number of carbonyl (C=O) groups is 1. The lowest BCUT2D eigenvalue weighted by Crippen LogP contribution is -2.09. The van der Waals surface area contributed by atoms with E-state index < -0.39 is 15.8 Å². The molecule has 0 aliphatic carbocycles. The fourth-order valence-electron chi connectivity index (χ4n) is 1.17. The first-order chi connectivity index (χ1) is 7.88. The van der Waals surface area contributed by atoms with Crippen molar-refractivity contribution in [2.24, 2.45) is 0 Å². The van der Waals surface area contributed by atoms with Crippen LogP contribution >= 0.6 is 23.4 Å². The molecule has 0 saturated carbocycles. The van der Waals surface area contributed by atoms with Gasteiger partial charge in [0.25, 0.3) is 0 Å². The minimum Gasteiger partial charge on any atom is -0.478 e. The SMILES string of the molecule is CSCCS(=O)(=O)c1ccc(C(=O)O)c(Cl)c1. The van der Waals surface area contributed by atoms with Crippen LogP contribution in [0.1, 0.15) is 10.4 Å². The van der Waals surface area contributed by atoms with E-state index in [2.05, 4.69) is 0 Å². The number of hydrogen-bond donors (Lipinski definition) is 1. The highest BCUT2D eigenvalue weighted by Gasteiger charge is 2.17. The molecule has 1 aromatic carbocycles. The van der Waals surface area contributed by atoms with Gasteiger partial charge < -0.3 is 5.11 Å². The van der Waals surface area contributed by atoms with Crippen LogP contribution in [0.4, 0.5) is 0 Å². The highest BCUT2D eigenvalue weighted by atomic mass is 35.5. The molecule has 1 rings (SSSR count). The molecule has 0 spiro atoms. The summed E-state index contributed by atoms with van der Waals surface area (Å²) in [7, 11) is -3.39. The summed E-state index contributed by atoms with van der Waals surface area (Å²) in [6.45, 7) is 0. The summed E-state index contributed by atoms with van der Waals surface area (Å²) in [5.41, 5.74) is -0.101. The molecule has 0 unspecified atom stereocenters. The van der Waals surface area contributed by atoms with Gasteiger partial charge in [-0.05, 0) is 24.5 Å². The van der Waals surface area contributed by atoms with Crippen molar-refractivity contribution in [3.8, 4) is 0 Å². The Labute approximate surface area is 109 Å². The molecule has 0 atom stereocenters. The molecule has 0 fully saturated rings. The molecular formula is C10H11ClO4S2. The Bertz CT molecular complexity index is 525. The maximum atomic E-state index is 11.8. The number of sulfone groups is 1. The van der Waals surface area contributed by atoms with Crippen LogP contribution in [0.5, 0.6) is 0 Å². The predicted octanol–water partition coefficient (Wildman–Crippen LogP) is 2.17. The molecule has 7 heteroatoms. The molecule has 0 saturated heterocycles. The summed E-state index contributed by atoms with van der Waals surface area (Å²) < 4.78 is 23.6. The monoisotopic (exact) mass is 294 g/mol. The van der Waals surface area contributed by atoms with Gasteiger partial charge in [-0.3, -0.25) is 0 Å². The number of hydrogen-bond acceptors (Lipinski definition) is 4. The van der Waals surface area contributed by atoms with Crippen molar-refractivity contribution in [1.82, 2.24) is 0 Å². The highest BCUT2D eigenvalue weighted by Crippen LogP contribution is 2.22. The number of carboxylic acid groups (broad SMARTS) is 1. The largest absolute Gasteiger partial charge is 0.478 e. The third-order valence-corrected chi connectivity index (χ3v) is 4.98. The van der Waals surface area contributed by atoms with E-state index in [0.29, 0.717) is 5.75 Å². The van der Waals surface area contributed by atoms with Gasteiger partial charge in [-0.25, -0.2) is 13.2 Å². The molecular weight excluding hydrogens is 284 g/mol. The lowest BCUT2D eigenvalue weighted by Gasteiger charge is -2.05. The average molecular weight is 295 g/mol. The van der Waals surface area contributed by atoms with Gasteiger partial charge in [-0.2, -0.15) is 11.8 Å². The van der Waals surface area contributed by atoms with Gasteiger partial charge >= 0.3 is 5.97 Å². The van der Waals surface area contributed by atoms with Crippen LogP contribution in [0.2, 0.25) is 5.02 Å². The summed E-state index contributed by atoms with van der Waals surface area (Å²) in [5.74, 6) is -0.680. The molecule has 0 heterocycles. The van der Waals surface area contributed by atoms with Gasteiger partial charge in [-0.1, -0.05) is 11.6 Å². The van der Waals surface area contributed by atoms with E-state index in [-0.39, 0.29) is 21.2 Å². The van der Waals surface area contributed by atoms with E-state index in [9.17, 15) is 13.2 Å². The Morgan fingerprint density at radius 1 is 1.47 bits per heavy atom. The fraction of sp³-hybridized carbons (Fsp3) is 0.300. The minimum absolute atomic E-state index is 0.0108. The first kappa shape index (κ1) is 14.3. The number of aromatic carboxylic acids is 1. The third kappa shape index (κ3) is 3.62. The van der Waals surface area contributed by atoms with Crippen molar-refractivity contribution in [2.45, 2.75) is 4.90 Å². The zero-order valence-corrected chi connectivity index (χ0v) is 11.4. The molecule has 0 aromatic heterocycles. The number of carboxylic acids is 1. The van der Waals surface area contributed by atoms with Crippen molar-refractivity contribution in [2.75, 3.05) is 17.8 Å². The van der Waals surface area contributed by atoms with E-state index in [0.717, 1.165) is 0 Å². The first-order valence-electron chi connectivity index (χ1n) is 4.63. The van der Waals surface area contributed by atoms with E-state index in [1.165, 1.54) is 30.0 Å². The standard InChI is InChI=1S/C10H11ClO4S2/c1-16-4-5-17(14,15)7-2-3-8(10(12)13)9(11)6-7/h2-3,6H,4-5H2,1H3,(H,12,13). The molecule has 0 aliphatic heterocycles. The van der Waals surface area contributed by atoms with Gasteiger partial charge in [0, 0.05) is 5.75 Å². The fourth-order valence-corrected chi connectivity index (χ4v) is 3.85. The van der Waals surface area contributed by atoms with Crippen LogP contribution in [-0.2, 0) is 9.84 Å². The smallest absolute Gasteiger partial charge is 0.337 e. The van der Waals surface area contributed by atoms with Gasteiger partial charge in [-0.15, -0.1) is 0 Å². The van der Waals surface area contributed by atoms with Crippen LogP contribution in [0.3, 0.4) is 0 Å². The Kier molecular flexibility index (Phi) is 4.85. The van der Waals surface area contributed by atoms with E-state index in [1.807, 2.05) is 6.26 Å². The van der Waals surface area contributed by atoms with Gasteiger partial charge in [0.05, 0.1) is 21.2 Å². The lowest BCUT2D eigenvalue weighted by atomic mass is 10.2. The number of thioether (sulfide) groups is 1. The summed E-state index contributed by atoms with van der Waals surface area (Å²) in [5, 5.41) is 8.70. The Hall–Kier alpha value is -0.720. The summed E-state index contributed by atoms with van der Waals surface area (Å²) in [6.07, 6.45) is 1.82. The second-order valence-electron chi connectivity index (χ2n) is 3.26. The molecule has 0 amide bonds. The Morgan fingerprint density at radius 2 is 2.12 bits per heavy atom. The zero-order valence-electron chi connectivity index (χ0n) is 9.01. The summed E-state index contributed by atoms with van der Waals surface area (Å²) in [4.78, 5) is 10.8. The molecule has 0 aliphatic rings. The second-order valence-corrected chi connectivity index (χ2v) is 6.76. The van der Waals surface area contributed by atoms with E-state index >= 15 is 0 Å². The number of halogens is 1. The van der Waals surface area contributed by atoms with Crippen molar-refractivity contribution in [3.63, 3.8) is 0 Å². The number of rotatable bonds is 5. The Balaban J connectivity index is 3.09. The van der Waals surface area contributed by atoms with Crippen molar-refractivity contribution < 1.29 is 18.3 Å². The highest BCUT2D eigenvalue weighted by molar-refractivity contribution is 8.00. The molecule has 17 heavy (non-hydrogen) atoms. The molecule has 0 bridgehead atoms. The van der Waals surface area contributed by atoms with Crippen molar-refractivity contribution >= 4 is 39.2 Å². The number of benzene rings is 1. The topological polar surface area (TPSA) is 71.4 Å². The predicted molar refractivity (Wildman–Crippen MR) is 68.8 cm³/mol. The van der Waals surface area contributed by atoms with Crippen LogP contribution in [0.25, 0.3) is 0 Å². The van der Waals surface area contributed by atoms with Gasteiger partial charge in [0.2, 0.25) is 0 Å². The maximum Gasteiger partial charge on any atom is 0.337 e. The Morgan fingerprint density at radius 3 is 2.59 bits per heavy atom. The van der Waals surface area contributed by atoms with Crippen LogP contribution < -0.4 is 0 Å². The molecule has 1 aromatic rings. The van der Waals surface area contributed by atoms with Gasteiger partial charge in [0.15, 0.2) is 9.84 Å². The normalized spacial score (nSPS) is 11.4. The van der Waals surface area contributed by atoms with E-state index in [4.69, 9.17) is 16.7 Å². The average Bonchev–Trinajstić information content (AvgIpc) is 2.25. The van der Waals surface area contributed by atoms with Crippen LogP contribution in [0, 0.1) is 0 Å². The van der Waals surface area contributed by atoms with Crippen LogP contribution in [-0.4, -0.2) is 37.3 Å². The first-order valence-corrected chi connectivity index (χ1v) is 8.05. The minimum atomic E-state index is -3.39. The van der Waals surface area contributed by atoms with Crippen molar-refractivity contribution in [3.05, 3.63) is 28.8 Å². The zero-order chi connectivity index (χ0) is 13.1. The maximum absolute atomic E-state index is 11.8. The lowest BCUT2D eigenvalue weighted by molar-refractivity contribution is 0.0697.